The maximum atomic E-state index is 11.7. The molecular formula is C14H21N3O2. The summed E-state index contributed by atoms with van der Waals surface area (Å²) in [7, 11) is 0. The van der Waals surface area contributed by atoms with Crippen molar-refractivity contribution < 1.29 is 9.53 Å². The minimum absolute atomic E-state index is 0. The van der Waals surface area contributed by atoms with Crippen LogP contribution in [0.1, 0.15) is 38.4 Å². The van der Waals surface area contributed by atoms with E-state index >= 15 is 0 Å². The first-order chi connectivity index (χ1) is 8.73. The Balaban J connectivity index is 0.00000133. The lowest BCUT2D eigenvalue weighted by molar-refractivity contribution is -0.0130. The van der Waals surface area contributed by atoms with Crippen molar-refractivity contribution in [3.63, 3.8) is 0 Å². The third kappa shape index (κ3) is 2.30. The first kappa shape index (κ1) is 13.8. The monoisotopic (exact) mass is 263 g/mol. The standard InChI is InChI=1S/C13H17N3O2.CH4/c1-2-9-3-4-10-11(15-9)16-12(17)18-13(10)5-7-14-8-6-13;/h3-4,14H,2,5-8H2,1H3,(H,15,16,17);1H4. The molecule has 0 aromatic carbocycles. The molecule has 2 N–H and O–H groups in total. The van der Waals surface area contributed by atoms with Crippen molar-refractivity contribution >= 4 is 11.9 Å². The minimum atomic E-state index is -0.484. The number of nitrogens with zero attached hydrogens (tertiary/aromatic N) is 1. The number of amides is 1. The Bertz CT molecular complexity index is 482. The molecule has 2 aliphatic heterocycles. The highest BCUT2D eigenvalue weighted by atomic mass is 16.6. The average Bonchev–Trinajstić information content (AvgIpc) is 2.38. The van der Waals surface area contributed by atoms with Crippen LogP contribution >= 0.6 is 0 Å². The van der Waals surface area contributed by atoms with Gasteiger partial charge in [0.25, 0.3) is 0 Å². The molecule has 19 heavy (non-hydrogen) atoms. The summed E-state index contributed by atoms with van der Waals surface area (Å²) in [6, 6.07) is 4.06. The number of hydrogen-bond acceptors (Lipinski definition) is 4. The Morgan fingerprint density at radius 2 is 2.11 bits per heavy atom. The molecule has 104 valence electrons. The highest BCUT2D eigenvalue weighted by Gasteiger charge is 2.43. The Labute approximate surface area is 113 Å². The SMILES string of the molecule is C.CCc1ccc2c(n1)NC(=O)OC21CCNCC1. The maximum Gasteiger partial charge on any atom is 0.413 e. The van der Waals surface area contributed by atoms with Gasteiger partial charge in [-0.3, -0.25) is 5.32 Å². The van der Waals surface area contributed by atoms with Crippen LogP contribution < -0.4 is 10.6 Å². The number of carbonyl (C=O) groups is 1. The third-order valence-electron chi connectivity index (χ3n) is 3.73. The van der Waals surface area contributed by atoms with Gasteiger partial charge in [0.15, 0.2) is 0 Å². The quantitative estimate of drug-likeness (QED) is 0.816. The van der Waals surface area contributed by atoms with E-state index in [1.807, 2.05) is 12.1 Å². The second-order valence-corrected chi connectivity index (χ2v) is 4.81. The molecule has 1 aromatic heterocycles. The molecule has 0 aliphatic carbocycles. The summed E-state index contributed by atoms with van der Waals surface area (Å²) < 4.78 is 5.58. The van der Waals surface area contributed by atoms with Crippen LogP contribution in [0.5, 0.6) is 0 Å². The minimum Gasteiger partial charge on any atom is -0.438 e. The zero-order chi connectivity index (χ0) is 12.6. The van der Waals surface area contributed by atoms with E-state index in [-0.39, 0.29) is 13.5 Å². The molecular weight excluding hydrogens is 242 g/mol. The zero-order valence-corrected chi connectivity index (χ0v) is 10.5. The lowest BCUT2D eigenvalue weighted by Crippen LogP contribution is -2.47. The van der Waals surface area contributed by atoms with Crippen LogP contribution in [0.2, 0.25) is 0 Å². The molecule has 1 aromatic rings. The van der Waals surface area contributed by atoms with E-state index in [1.165, 1.54) is 0 Å². The highest BCUT2D eigenvalue weighted by Crippen LogP contribution is 2.41. The van der Waals surface area contributed by atoms with Crippen molar-refractivity contribution in [3.8, 4) is 0 Å². The normalized spacial score (nSPS) is 19.9. The van der Waals surface area contributed by atoms with E-state index in [2.05, 4.69) is 22.5 Å². The average molecular weight is 263 g/mol. The first-order valence-electron chi connectivity index (χ1n) is 6.45. The fourth-order valence-electron chi connectivity index (χ4n) is 2.72. The topological polar surface area (TPSA) is 63.2 Å². The van der Waals surface area contributed by atoms with E-state index in [0.717, 1.165) is 43.6 Å². The molecule has 1 spiro atoms. The molecule has 0 bridgehead atoms. The number of piperidine rings is 1. The van der Waals surface area contributed by atoms with Gasteiger partial charge < -0.3 is 10.1 Å². The number of aromatic nitrogens is 1. The summed E-state index contributed by atoms with van der Waals surface area (Å²) in [6.07, 6.45) is 2.09. The van der Waals surface area contributed by atoms with E-state index in [0.29, 0.717) is 5.82 Å². The summed E-state index contributed by atoms with van der Waals surface area (Å²) in [5.41, 5.74) is 1.52. The van der Waals surface area contributed by atoms with Crippen LogP contribution in [0.4, 0.5) is 10.6 Å². The Morgan fingerprint density at radius 1 is 1.37 bits per heavy atom. The van der Waals surface area contributed by atoms with Crippen molar-refractivity contribution in [1.29, 1.82) is 0 Å². The molecule has 5 nitrogen and oxygen atoms in total. The molecule has 3 heterocycles. The molecule has 5 heteroatoms. The van der Waals surface area contributed by atoms with Gasteiger partial charge in [-0.05, 0) is 31.6 Å². The predicted molar refractivity (Wildman–Crippen MR) is 74.2 cm³/mol. The first-order valence-corrected chi connectivity index (χ1v) is 6.45. The van der Waals surface area contributed by atoms with Crippen molar-refractivity contribution in [3.05, 3.63) is 23.4 Å². The molecule has 1 amide bonds. The summed E-state index contributed by atoms with van der Waals surface area (Å²) in [6.45, 7) is 3.78. The smallest absolute Gasteiger partial charge is 0.413 e. The largest absolute Gasteiger partial charge is 0.438 e. The van der Waals surface area contributed by atoms with Crippen LogP contribution in [0, 0.1) is 0 Å². The number of ether oxygens (including phenoxy) is 1. The number of nitrogens with one attached hydrogen (secondary N) is 2. The van der Waals surface area contributed by atoms with Crippen LogP contribution in [0.15, 0.2) is 12.1 Å². The van der Waals surface area contributed by atoms with Gasteiger partial charge in [0.2, 0.25) is 0 Å². The van der Waals surface area contributed by atoms with E-state index in [4.69, 9.17) is 4.74 Å². The van der Waals surface area contributed by atoms with Gasteiger partial charge in [0, 0.05) is 24.1 Å². The van der Waals surface area contributed by atoms with Gasteiger partial charge >= 0.3 is 6.09 Å². The molecule has 2 aliphatic rings. The van der Waals surface area contributed by atoms with E-state index in [9.17, 15) is 4.79 Å². The number of anilines is 1. The van der Waals surface area contributed by atoms with E-state index in [1.54, 1.807) is 0 Å². The molecule has 0 saturated carbocycles. The Kier molecular flexibility index (Phi) is 3.75. The molecule has 0 radical (unpaired) electrons. The van der Waals surface area contributed by atoms with Gasteiger partial charge in [0.1, 0.15) is 11.4 Å². The number of aryl methyl sites for hydroxylation is 1. The fraction of sp³-hybridized carbons (Fsp3) is 0.571. The van der Waals surface area contributed by atoms with Gasteiger partial charge in [-0.2, -0.15) is 0 Å². The number of rotatable bonds is 1. The summed E-state index contributed by atoms with van der Waals surface area (Å²) in [4.78, 5) is 16.2. The molecule has 3 rings (SSSR count). The lowest BCUT2D eigenvalue weighted by Gasteiger charge is -2.40. The lowest BCUT2D eigenvalue weighted by atomic mass is 9.84. The number of fused-ring (bicyclic) bond motifs is 2. The van der Waals surface area contributed by atoms with Gasteiger partial charge in [0.05, 0.1) is 0 Å². The molecule has 1 saturated heterocycles. The van der Waals surface area contributed by atoms with Gasteiger partial charge in [-0.1, -0.05) is 14.4 Å². The Morgan fingerprint density at radius 3 is 2.79 bits per heavy atom. The number of carbonyl (C=O) groups excluding carboxylic acids is 1. The number of pyridine rings is 1. The van der Waals surface area contributed by atoms with Gasteiger partial charge in [-0.15, -0.1) is 0 Å². The fourth-order valence-corrected chi connectivity index (χ4v) is 2.72. The predicted octanol–water partition coefficient (Wildman–Crippen LogP) is 2.42. The molecule has 1 fully saturated rings. The second-order valence-electron chi connectivity index (χ2n) is 4.81. The number of hydrogen-bond donors (Lipinski definition) is 2. The van der Waals surface area contributed by atoms with Crippen LogP contribution in [0.3, 0.4) is 0 Å². The van der Waals surface area contributed by atoms with Crippen LogP contribution in [-0.4, -0.2) is 24.2 Å². The van der Waals surface area contributed by atoms with E-state index < -0.39 is 5.60 Å². The third-order valence-corrected chi connectivity index (χ3v) is 3.73. The maximum absolute atomic E-state index is 11.7. The zero-order valence-electron chi connectivity index (χ0n) is 10.5. The molecule has 0 atom stereocenters. The summed E-state index contributed by atoms with van der Waals surface area (Å²) >= 11 is 0. The second kappa shape index (κ2) is 5.17. The molecule has 0 unspecified atom stereocenters. The Hall–Kier alpha value is -1.62. The summed E-state index contributed by atoms with van der Waals surface area (Å²) in [5, 5.41) is 6.01. The summed E-state index contributed by atoms with van der Waals surface area (Å²) in [5.74, 6) is 0.674. The van der Waals surface area contributed by atoms with Crippen molar-refractivity contribution in [2.45, 2.75) is 39.2 Å². The van der Waals surface area contributed by atoms with Crippen molar-refractivity contribution in [2.75, 3.05) is 18.4 Å². The van der Waals surface area contributed by atoms with Crippen LogP contribution in [0.25, 0.3) is 0 Å². The highest BCUT2D eigenvalue weighted by molar-refractivity contribution is 5.87. The van der Waals surface area contributed by atoms with Crippen molar-refractivity contribution in [1.82, 2.24) is 10.3 Å². The van der Waals surface area contributed by atoms with Gasteiger partial charge in [-0.25, -0.2) is 9.78 Å². The van der Waals surface area contributed by atoms with Crippen molar-refractivity contribution in [2.24, 2.45) is 0 Å². The van der Waals surface area contributed by atoms with Crippen LogP contribution in [-0.2, 0) is 16.8 Å².